The summed E-state index contributed by atoms with van der Waals surface area (Å²) in [6.07, 6.45) is 3.40. The van der Waals surface area contributed by atoms with Crippen molar-refractivity contribution in [1.82, 2.24) is 15.5 Å². The summed E-state index contributed by atoms with van der Waals surface area (Å²) in [5.41, 5.74) is 0.767. The number of hydrogen-bond acceptors (Lipinski definition) is 4. The van der Waals surface area contributed by atoms with Crippen molar-refractivity contribution < 1.29 is 4.52 Å². The molecule has 1 aromatic carbocycles. The lowest BCUT2D eigenvalue weighted by molar-refractivity contribution is 0.297. The normalized spacial score (nSPS) is 19.6. The largest absolute Gasteiger partial charge is 0.337 e. The van der Waals surface area contributed by atoms with Gasteiger partial charge in [0.05, 0.1) is 6.04 Å². The number of piperidine rings is 1. The fourth-order valence-electron chi connectivity index (χ4n) is 2.24. The molecule has 1 aromatic heterocycles. The van der Waals surface area contributed by atoms with Gasteiger partial charge >= 0.3 is 0 Å². The molecule has 0 bridgehead atoms. The molecule has 6 heteroatoms. The Kier molecular flexibility index (Phi) is 3.73. The predicted octanol–water partition coefficient (Wildman–Crippen LogP) is 3.86. The van der Waals surface area contributed by atoms with E-state index in [0.29, 0.717) is 21.8 Å². The van der Waals surface area contributed by atoms with E-state index >= 15 is 0 Å². The molecule has 0 unspecified atom stereocenters. The van der Waals surface area contributed by atoms with Crippen LogP contribution in [-0.2, 0) is 0 Å². The van der Waals surface area contributed by atoms with E-state index in [1.165, 1.54) is 12.8 Å². The predicted molar refractivity (Wildman–Crippen MR) is 74.3 cm³/mol. The van der Waals surface area contributed by atoms with Crippen LogP contribution in [0.1, 0.15) is 31.2 Å². The molecule has 3 rings (SSSR count). The lowest BCUT2D eigenvalue weighted by atomic mass is 10.1. The van der Waals surface area contributed by atoms with E-state index in [1.807, 2.05) is 0 Å². The van der Waals surface area contributed by atoms with Crippen LogP contribution >= 0.6 is 23.2 Å². The fourth-order valence-corrected chi connectivity index (χ4v) is 2.77. The van der Waals surface area contributed by atoms with E-state index in [4.69, 9.17) is 27.7 Å². The van der Waals surface area contributed by atoms with Crippen molar-refractivity contribution in [2.75, 3.05) is 6.54 Å². The van der Waals surface area contributed by atoms with Gasteiger partial charge in [0.15, 0.2) is 0 Å². The Balaban J connectivity index is 1.87. The van der Waals surface area contributed by atoms with Gasteiger partial charge in [-0.25, -0.2) is 0 Å². The minimum atomic E-state index is 0.157. The molecule has 0 aliphatic carbocycles. The summed E-state index contributed by atoms with van der Waals surface area (Å²) in [6.45, 7) is 0.991. The highest BCUT2D eigenvalue weighted by molar-refractivity contribution is 6.35. The van der Waals surface area contributed by atoms with Gasteiger partial charge in [0.1, 0.15) is 0 Å². The Bertz CT molecular complexity index is 559. The molecule has 1 saturated heterocycles. The first-order valence-electron chi connectivity index (χ1n) is 6.26. The summed E-state index contributed by atoms with van der Waals surface area (Å²) >= 11 is 11.9. The number of hydrogen-bond donors (Lipinski definition) is 1. The molecule has 1 aliphatic rings. The maximum absolute atomic E-state index is 5.97. The van der Waals surface area contributed by atoms with Crippen molar-refractivity contribution >= 4 is 23.2 Å². The number of nitrogens with zero attached hydrogens (tertiary/aromatic N) is 2. The summed E-state index contributed by atoms with van der Waals surface area (Å²) < 4.78 is 5.33. The first-order chi connectivity index (χ1) is 9.22. The van der Waals surface area contributed by atoms with Crippen LogP contribution in [0, 0.1) is 0 Å². The van der Waals surface area contributed by atoms with Crippen LogP contribution in [0.4, 0.5) is 0 Å². The van der Waals surface area contributed by atoms with Crippen LogP contribution in [-0.4, -0.2) is 16.7 Å². The molecule has 1 N–H and O–H groups in total. The number of aromatic nitrogens is 2. The van der Waals surface area contributed by atoms with Crippen molar-refractivity contribution in [1.29, 1.82) is 0 Å². The number of benzene rings is 1. The standard InChI is InChI=1S/C13H13Cl2N3O/c14-9-5-8(6-10(15)7-9)12-17-13(19-18-12)11-3-1-2-4-16-11/h5-7,11,16H,1-4H2/t11-/m1/s1. The SMILES string of the molecule is Clc1cc(Cl)cc(-c2noc([C@H]3CCCCN3)n2)c1. The van der Waals surface area contributed by atoms with Crippen LogP contribution in [0.2, 0.25) is 10.0 Å². The van der Waals surface area contributed by atoms with Crippen LogP contribution in [0.3, 0.4) is 0 Å². The minimum Gasteiger partial charge on any atom is -0.337 e. The summed E-state index contributed by atoms with van der Waals surface area (Å²) in [5, 5.41) is 8.49. The molecule has 0 amide bonds. The van der Waals surface area contributed by atoms with Gasteiger partial charge in [-0.3, -0.25) is 0 Å². The maximum Gasteiger partial charge on any atom is 0.244 e. The zero-order valence-electron chi connectivity index (χ0n) is 10.2. The molecule has 19 heavy (non-hydrogen) atoms. The molecule has 2 heterocycles. The van der Waals surface area contributed by atoms with Gasteiger partial charge < -0.3 is 9.84 Å². The Morgan fingerprint density at radius 3 is 2.63 bits per heavy atom. The first-order valence-corrected chi connectivity index (χ1v) is 7.01. The molecule has 0 radical (unpaired) electrons. The summed E-state index contributed by atoms with van der Waals surface area (Å²) in [4.78, 5) is 4.43. The Hall–Kier alpha value is -1.10. The average Bonchev–Trinajstić information content (AvgIpc) is 2.88. The molecule has 100 valence electrons. The third-order valence-corrected chi connectivity index (χ3v) is 3.61. The van der Waals surface area contributed by atoms with Gasteiger partial charge in [0, 0.05) is 15.6 Å². The average molecular weight is 298 g/mol. The molecule has 1 fully saturated rings. The number of halogens is 2. The highest BCUT2D eigenvalue weighted by Gasteiger charge is 2.21. The zero-order valence-corrected chi connectivity index (χ0v) is 11.7. The van der Waals surface area contributed by atoms with Crippen LogP contribution in [0.15, 0.2) is 22.7 Å². The van der Waals surface area contributed by atoms with Gasteiger partial charge in [-0.2, -0.15) is 4.98 Å². The van der Waals surface area contributed by atoms with Crippen LogP contribution in [0.25, 0.3) is 11.4 Å². The van der Waals surface area contributed by atoms with Crippen molar-refractivity contribution in [2.24, 2.45) is 0 Å². The van der Waals surface area contributed by atoms with E-state index in [1.54, 1.807) is 18.2 Å². The Labute approximate surface area is 121 Å². The van der Waals surface area contributed by atoms with Crippen LogP contribution in [0.5, 0.6) is 0 Å². The second-order valence-electron chi connectivity index (χ2n) is 4.62. The number of rotatable bonds is 2. The van der Waals surface area contributed by atoms with Crippen molar-refractivity contribution in [3.63, 3.8) is 0 Å². The third kappa shape index (κ3) is 2.91. The molecule has 1 aliphatic heterocycles. The van der Waals surface area contributed by atoms with Crippen molar-refractivity contribution in [3.05, 3.63) is 34.1 Å². The summed E-state index contributed by atoms with van der Waals surface area (Å²) in [5.74, 6) is 1.15. The second-order valence-corrected chi connectivity index (χ2v) is 5.49. The molecule has 0 saturated carbocycles. The van der Waals surface area contributed by atoms with E-state index in [9.17, 15) is 0 Å². The van der Waals surface area contributed by atoms with Crippen molar-refractivity contribution in [3.8, 4) is 11.4 Å². The third-order valence-electron chi connectivity index (χ3n) is 3.17. The molecule has 4 nitrogen and oxygen atoms in total. The maximum atomic E-state index is 5.97. The van der Waals surface area contributed by atoms with E-state index < -0.39 is 0 Å². The smallest absolute Gasteiger partial charge is 0.244 e. The quantitative estimate of drug-likeness (QED) is 0.914. The summed E-state index contributed by atoms with van der Waals surface area (Å²) in [7, 11) is 0. The van der Waals surface area contributed by atoms with Crippen LogP contribution < -0.4 is 5.32 Å². The van der Waals surface area contributed by atoms with Gasteiger partial charge in [0.2, 0.25) is 11.7 Å². The highest BCUT2D eigenvalue weighted by atomic mass is 35.5. The Morgan fingerprint density at radius 2 is 1.95 bits per heavy atom. The molecular formula is C13H13Cl2N3O. The molecule has 2 aromatic rings. The zero-order chi connectivity index (χ0) is 13.2. The molecular weight excluding hydrogens is 285 g/mol. The number of nitrogens with one attached hydrogen (secondary N) is 1. The molecule has 0 spiro atoms. The highest BCUT2D eigenvalue weighted by Crippen LogP contribution is 2.27. The Morgan fingerprint density at radius 1 is 1.16 bits per heavy atom. The van der Waals surface area contributed by atoms with Crippen molar-refractivity contribution in [2.45, 2.75) is 25.3 Å². The lowest BCUT2D eigenvalue weighted by Crippen LogP contribution is -2.26. The minimum absolute atomic E-state index is 0.157. The fraction of sp³-hybridized carbons (Fsp3) is 0.385. The van der Waals surface area contributed by atoms with Gasteiger partial charge in [-0.1, -0.05) is 34.8 Å². The van der Waals surface area contributed by atoms with Gasteiger partial charge in [-0.15, -0.1) is 0 Å². The van der Waals surface area contributed by atoms with Gasteiger partial charge in [0.25, 0.3) is 0 Å². The topological polar surface area (TPSA) is 51.0 Å². The first kappa shape index (κ1) is 12.9. The van der Waals surface area contributed by atoms with E-state index in [2.05, 4.69) is 15.5 Å². The molecule has 1 atom stereocenters. The van der Waals surface area contributed by atoms with E-state index in [0.717, 1.165) is 18.5 Å². The summed E-state index contributed by atoms with van der Waals surface area (Å²) in [6, 6.07) is 5.38. The monoisotopic (exact) mass is 297 g/mol. The van der Waals surface area contributed by atoms with E-state index in [-0.39, 0.29) is 6.04 Å². The second kappa shape index (κ2) is 5.49. The van der Waals surface area contributed by atoms with Gasteiger partial charge in [-0.05, 0) is 37.6 Å². The lowest BCUT2D eigenvalue weighted by Gasteiger charge is -2.19.